The second kappa shape index (κ2) is 9.83. The minimum Gasteiger partial charge on any atom is -0.494 e. The molecule has 24 heavy (non-hydrogen) atoms. The van der Waals surface area contributed by atoms with Crippen molar-refractivity contribution in [2.75, 3.05) is 37.8 Å². The molecule has 6 heteroatoms. The highest BCUT2D eigenvalue weighted by Crippen LogP contribution is 2.33. The van der Waals surface area contributed by atoms with Crippen LogP contribution in [-0.2, 0) is 4.74 Å². The van der Waals surface area contributed by atoms with Crippen molar-refractivity contribution >= 4 is 11.6 Å². The summed E-state index contributed by atoms with van der Waals surface area (Å²) >= 11 is 0. The first-order valence-electron chi connectivity index (χ1n) is 8.76. The van der Waals surface area contributed by atoms with E-state index in [1.165, 1.54) is 0 Å². The van der Waals surface area contributed by atoms with Crippen LogP contribution in [0.2, 0.25) is 0 Å². The van der Waals surface area contributed by atoms with E-state index < -0.39 is 0 Å². The van der Waals surface area contributed by atoms with Gasteiger partial charge in [0.15, 0.2) is 6.54 Å². The van der Waals surface area contributed by atoms with Crippen molar-refractivity contribution in [3.63, 3.8) is 0 Å². The van der Waals surface area contributed by atoms with E-state index in [0.717, 1.165) is 42.9 Å². The number of nitrogens with zero attached hydrogens (tertiary/aromatic N) is 3. The molecule has 1 saturated heterocycles. The average molecular weight is 333 g/mol. The van der Waals surface area contributed by atoms with Crippen LogP contribution in [0.3, 0.4) is 0 Å². The van der Waals surface area contributed by atoms with Crippen LogP contribution in [0.1, 0.15) is 39.5 Å². The van der Waals surface area contributed by atoms with Gasteiger partial charge in [-0.3, -0.25) is 0 Å². The summed E-state index contributed by atoms with van der Waals surface area (Å²) in [7, 11) is 0. The molecule has 1 fully saturated rings. The van der Waals surface area contributed by atoms with E-state index in [-0.39, 0.29) is 0 Å². The van der Waals surface area contributed by atoms with Crippen molar-refractivity contribution in [1.82, 2.24) is 0 Å². The van der Waals surface area contributed by atoms with Gasteiger partial charge in [-0.05, 0) is 25.0 Å². The van der Waals surface area contributed by atoms with Gasteiger partial charge in [0.25, 0.3) is 0 Å². The molecule has 0 unspecified atom stereocenters. The molecule has 1 aromatic carbocycles. The molecule has 0 aromatic heterocycles. The van der Waals surface area contributed by atoms with E-state index >= 15 is 0 Å². The van der Waals surface area contributed by atoms with Gasteiger partial charge < -0.3 is 24.6 Å². The largest absolute Gasteiger partial charge is 0.494 e. The Morgan fingerprint density at radius 2 is 1.92 bits per heavy atom. The van der Waals surface area contributed by atoms with Gasteiger partial charge in [-0.2, -0.15) is 0 Å². The molecule has 0 atom stereocenters. The number of ether oxygens (including phenoxy) is 3. The predicted octanol–water partition coefficient (Wildman–Crippen LogP) is 3.51. The molecule has 0 bridgehead atoms. The van der Waals surface area contributed by atoms with Crippen LogP contribution in [-0.4, -0.2) is 43.6 Å². The second-order valence-electron chi connectivity index (χ2n) is 5.80. The molecule has 2 rings (SSSR count). The van der Waals surface area contributed by atoms with Crippen molar-refractivity contribution in [2.45, 2.75) is 39.5 Å². The summed E-state index contributed by atoms with van der Waals surface area (Å²) in [5.41, 5.74) is 9.93. The zero-order chi connectivity index (χ0) is 17.2. The summed E-state index contributed by atoms with van der Waals surface area (Å²) in [4.78, 5) is 5.28. The molecule has 132 valence electrons. The van der Waals surface area contributed by atoms with Gasteiger partial charge in [0.1, 0.15) is 18.1 Å². The van der Waals surface area contributed by atoms with Crippen LogP contribution < -0.4 is 14.4 Å². The van der Waals surface area contributed by atoms with Crippen LogP contribution in [0.4, 0.5) is 5.69 Å². The number of anilines is 1. The number of hydrogen-bond acceptors (Lipinski definition) is 4. The third-order valence-electron chi connectivity index (χ3n) is 3.86. The molecule has 0 spiro atoms. The van der Waals surface area contributed by atoms with E-state index in [1.807, 2.05) is 18.2 Å². The second-order valence-corrected chi connectivity index (χ2v) is 5.80. The minimum absolute atomic E-state index is 0.318. The van der Waals surface area contributed by atoms with Crippen LogP contribution in [0, 0.1) is 0 Å². The summed E-state index contributed by atoms with van der Waals surface area (Å²) < 4.78 is 17.1. The van der Waals surface area contributed by atoms with Crippen molar-refractivity contribution in [2.24, 2.45) is 0 Å². The lowest BCUT2D eigenvalue weighted by Crippen LogP contribution is -2.40. The van der Waals surface area contributed by atoms with Crippen molar-refractivity contribution in [1.29, 1.82) is 0 Å². The van der Waals surface area contributed by atoms with Crippen molar-refractivity contribution in [3.8, 4) is 11.5 Å². The van der Waals surface area contributed by atoms with E-state index in [9.17, 15) is 0 Å². The van der Waals surface area contributed by atoms with Crippen molar-refractivity contribution < 1.29 is 19.0 Å². The fourth-order valence-electron chi connectivity index (χ4n) is 2.44. The number of unbranched alkanes of at least 4 members (excludes halogenated alkanes) is 2. The van der Waals surface area contributed by atoms with Gasteiger partial charge in [-0.15, -0.1) is 4.79 Å². The van der Waals surface area contributed by atoms with E-state index in [4.69, 9.17) is 19.7 Å². The summed E-state index contributed by atoms with van der Waals surface area (Å²) in [5.74, 6) is 1.97. The maximum Gasteiger partial charge on any atom is 0.469 e. The zero-order valence-corrected chi connectivity index (χ0v) is 14.7. The van der Waals surface area contributed by atoms with E-state index in [2.05, 4.69) is 23.5 Å². The maximum absolute atomic E-state index is 8.98. The molecule has 0 saturated carbocycles. The number of benzene rings is 1. The number of morpholine rings is 1. The summed E-state index contributed by atoms with van der Waals surface area (Å²) in [6.07, 6.45) is 4.24. The molecule has 1 heterocycles. The molecule has 0 N–H and O–H groups in total. The Kier molecular flexibility index (Phi) is 7.43. The van der Waals surface area contributed by atoms with Gasteiger partial charge in [0, 0.05) is 6.07 Å². The zero-order valence-electron chi connectivity index (χ0n) is 14.7. The topological polar surface area (TPSA) is 67.3 Å². The molecular formula is C18H27N3O3. The Labute approximate surface area is 143 Å². The predicted molar refractivity (Wildman–Crippen MR) is 94.0 cm³/mol. The number of rotatable bonds is 9. The van der Waals surface area contributed by atoms with Crippen LogP contribution in [0.5, 0.6) is 11.5 Å². The quantitative estimate of drug-likeness (QED) is 0.394. The first-order valence-corrected chi connectivity index (χ1v) is 8.76. The lowest BCUT2D eigenvalue weighted by atomic mass is 10.2. The smallest absolute Gasteiger partial charge is 0.469 e. The van der Waals surface area contributed by atoms with Gasteiger partial charge >= 0.3 is 5.90 Å². The highest BCUT2D eigenvalue weighted by molar-refractivity contribution is 5.79. The summed E-state index contributed by atoms with van der Waals surface area (Å²) in [6, 6.07) is 5.90. The van der Waals surface area contributed by atoms with Crippen molar-refractivity contribution in [3.05, 3.63) is 23.7 Å². The monoisotopic (exact) mass is 333 g/mol. The number of hydrogen-bond donors (Lipinski definition) is 0. The SMILES string of the molecule is CCCCOc1ccc(OCCCC)c(N2CCOC(=[N+]=[N-])C2)c1. The van der Waals surface area contributed by atoms with Crippen LogP contribution in [0.25, 0.3) is 5.53 Å². The Balaban J connectivity index is 2.18. The molecule has 0 radical (unpaired) electrons. The lowest BCUT2D eigenvalue weighted by molar-refractivity contribution is -0.0454. The Hall–Kier alpha value is -2.20. The Bertz CT molecular complexity index is 571. The first-order chi connectivity index (χ1) is 11.8. The third kappa shape index (κ3) is 5.17. The molecule has 1 aromatic rings. The van der Waals surface area contributed by atoms with E-state index in [1.54, 1.807) is 0 Å². The standard InChI is InChI=1S/C18H27N3O3/c1-3-5-10-22-15-7-8-17(23-11-6-4-2)16(13-15)21-9-12-24-18(14-21)20-19/h7-8,13H,3-6,9-12,14H2,1-2H3. The molecule has 0 aliphatic carbocycles. The molecule has 1 aliphatic rings. The molecule has 1 aliphatic heterocycles. The summed E-state index contributed by atoms with van der Waals surface area (Å²) in [5, 5.41) is 0. The highest BCUT2D eigenvalue weighted by atomic mass is 16.5. The normalized spacial score (nSPS) is 14.1. The average Bonchev–Trinajstić information content (AvgIpc) is 2.63. The molecular weight excluding hydrogens is 306 g/mol. The third-order valence-corrected chi connectivity index (χ3v) is 3.86. The van der Waals surface area contributed by atoms with Crippen LogP contribution >= 0.6 is 0 Å². The van der Waals surface area contributed by atoms with Gasteiger partial charge in [0.2, 0.25) is 0 Å². The molecule has 0 amide bonds. The van der Waals surface area contributed by atoms with Gasteiger partial charge in [-0.25, -0.2) is 0 Å². The first kappa shape index (κ1) is 18.1. The fourth-order valence-corrected chi connectivity index (χ4v) is 2.44. The fraction of sp³-hybridized carbons (Fsp3) is 0.611. The summed E-state index contributed by atoms with van der Waals surface area (Å²) in [6.45, 7) is 7.28. The molecule has 6 nitrogen and oxygen atoms in total. The minimum atomic E-state index is 0.318. The highest BCUT2D eigenvalue weighted by Gasteiger charge is 2.25. The van der Waals surface area contributed by atoms with E-state index in [0.29, 0.717) is 38.8 Å². The maximum atomic E-state index is 8.98. The van der Waals surface area contributed by atoms with Gasteiger partial charge in [-0.1, -0.05) is 26.7 Å². The Morgan fingerprint density at radius 1 is 1.17 bits per heavy atom. The Morgan fingerprint density at radius 3 is 2.62 bits per heavy atom. The lowest BCUT2D eigenvalue weighted by Gasteiger charge is -2.28. The van der Waals surface area contributed by atoms with Crippen LogP contribution in [0.15, 0.2) is 18.2 Å². The van der Waals surface area contributed by atoms with Gasteiger partial charge in [0.05, 0.1) is 25.4 Å².